The number of carbonyl (C=O) groups excluding carboxylic acids is 1. The van der Waals surface area contributed by atoms with E-state index in [-0.39, 0.29) is 5.78 Å². The van der Waals surface area contributed by atoms with Crippen LogP contribution in [0.25, 0.3) is 0 Å². The minimum atomic E-state index is 0.279. The average Bonchev–Trinajstić information content (AvgIpc) is 2.89. The van der Waals surface area contributed by atoms with Crippen molar-refractivity contribution in [1.82, 2.24) is 0 Å². The van der Waals surface area contributed by atoms with E-state index in [9.17, 15) is 4.79 Å². The summed E-state index contributed by atoms with van der Waals surface area (Å²) in [4.78, 5) is 11.8. The summed E-state index contributed by atoms with van der Waals surface area (Å²) in [5, 5.41) is 0. The van der Waals surface area contributed by atoms with Gasteiger partial charge in [-0.2, -0.15) is 0 Å². The van der Waals surface area contributed by atoms with Gasteiger partial charge in [-0.1, -0.05) is 49.6 Å². The van der Waals surface area contributed by atoms with E-state index in [2.05, 4.69) is 25.2 Å². The Morgan fingerprint density at radius 3 is 2.56 bits per heavy atom. The quantitative estimate of drug-likeness (QED) is 0.456. The zero-order valence-electron chi connectivity index (χ0n) is 11.8. The molecule has 0 spiro atoms. The summed E-state index contributed by atoms with van der Waals surface area (Å²) >= 11 is 0. The first-order chi connectivity index (χ1) is 8.76. The first-order valence-corrected chi connectivity index (χ1v) is 7.28. The average molecular weight is 246 g/mol. The monoisotopic (exact) mass is 246 g/mol. The summed E-state index contributed by atoms with van der Waals surface area (Å²) in [5.41, 5.74) is 1.36. The fourth-order valence-corrected chi connectivity index (χ4v) is 2.37. The first kappa shape index (κ1) is 14.9. The standard InChI is InChI=1S/C17H26O/c1-3-5-8-15(4-2)11-13-17(18)14-12-16-9-6-7-10-16/h3,5,8,12,14,16H,4,6-7,9-11,13H2,1-2H3/b5-3-,14-12+,15-8+. The van der Waals surface area contributed by atoms with E-state index >= 15 is 0 Å². The molecule has 0 saturated heterocycles. The molecular weight excluding hydrogens is 220 g/mol. The predicted molar refractivity (Wildman–Crippen MR) is 78.5 cm³/mol. The summed E-state index contributed by atoms with van der Waals surface area (Å²) in [6.07, 6.45) is 17.9. The molecule has 1 saturated carbocycles. The van der Waals surface area contributed by atoms with Crippen LogP contribution in [0.5, 0.6) is 0 Å². The van der Waals surface area contributed by atoms with Crippen molar-refractivity contribution in [2.45, 2.75) is 58.8 Å². The Kier molecular flexibility index (Phi) is 7.40. The van der Waals surface area contributed by atoms with Gasteiger partial charge in [0.1, 0.15) is 0 Å². The Bertz CT molecular complexity index is 328. The summed E-state index contributed by atoms with van der Waals surface area (Å²) in [6, 6.07) is 0. The van der Waals surface area contributed by atoms with Crippen molar-refractivity contribution in [1.29, 1.82) is 0 Å². The fraction of sp³-hybridized carbons (Fsp3) is 0.588. The second-order valence-corrected chi connectivity index (χ2v) is 5.07. The molecule has 1 fully saturated rings. The Morgan fingerprint density at radius 1 is 1.22 bits per heavy atom. The van der Waals surface area contributed by atoms with E-state index in [4.69, 9.17) is 0 Å². The highest BCUT2D eigenvalue weighted by Crippen LogP contribution is 2.25. The number of allylic oxidation sites excluding steroid dienone is 6. The van der Waals surface area contributed by atoms with Crippen molar-refractivity contribution in [3.8, 4) is 0 Å². The first-order valence-electron chi connectivity index (χ1n) is 7.28. The van der Waals surface area contributed by atoms with Crippen LogP contribution in [0.2, 0.25) is 0 Å². The highest BCUT2D eigenvalue weighted by Gasteiger charge is 2.11. The van der Waals surface area contributed by atoms with Gasteiger partial charge in [0, 0.05) is 6.42 Å². The van der Waals surface area contributed by atoms with E-state index in [0.29, 0.717) is 12.3 Å². The van der Waals surface area contributed by atoms with Gasteiger partial charge in [0.15, 0.2) is 5.78 Å². The van der Waals surface area contributed by atoms with E-state index in [1.54, 1.807) is 0 Å². The van der Waals surface area contributed by atoms with Gasteiger partial charge >= 0.3 is 0 Å². The van der Waals surface area contributed by atoms with Gasteiger partial charge in [-0.05, 0) is 44.6 Å². The van der Waals surface area contributed by atoms with Crippen LogP contribution in [0, 0.1) is 5.92 Å². The molecular formula is C17H26O. The lowest BCUT2D eigenvalue weighted by Crippen LogP contribution is -1.96. The molecule has 0 amide bonds. The topological polar surface area (TPSA) is 17.1 Å². The number of hydrogen-bond acceptors (Lipinski definition) is 1. The van der Waals surface area contributed by atoms with Crippen LogP contribution in [0.3, 0.4) is 0 Å². The van der Waals surface area contributed by atoms with Crippen LogP contribution < -0.4 is 0 Å². The minimum Gasteiger partial charge on any atom is -0.295 e. The molecule has 100 valence electrons. The van der Waals surface area contributed by atoms with Crippen molar-refractivity contribution >= 4 is 5.78 Å². The summed E-state index contributed by atoms with van der Waals surface area (Å²) in [5.74, 6) is 0.944. The molecule has 1 rings (SSSR count). The highest BCUT2D eigenvalue weighted by molar-refractivity contribution is 5.89. The molecule has 1 aliphatic rings. The molecule has 0 aromatic heterocycles. The second-order valence-electron chi connectivity index (χ2n) is 5.07. The SMILES string of the molecule is C/C=C\C=C(/CC)CCC(=O)/C=C/C1CCCC1. The predicted octanol–water partition coefficient (Wildman–Crippen LogP) is 4.99. The van der Waals surface area contributed by atoms with Crippen LogP contribution in [0.4, 0.5) is 0 Å². The second kappa shape index (κ2) is 8.91. The van der Waals surface area contributed by atoms with E-state index < -0.39 is 0 Å². The van der Waals surface area contributed by atoms with Gasteiger partial charge in [0.25, 0.3) is 0 Å². The molecule has 0 aliphatic heterocycles. The third-order valence-corrected chi connectivity index (χ3v) is 3.63. The lowest BCUT2D eigenvalue weighted by atomic mass is 10.0. The van der Waals surface area contributed by atoms with Crippen LogP contribution in [-0.2, 0) is 4.79 Å². The molecule has 0 unspecified atom stereocenters. The zero-order chi connectivity index (χ0) is 13.2. The zero-order valence-corrected chi connectivity index (χ0v) is 11.8. The van der Waals surface area contributed by atoms with Crippen molar-refractivity contribution in [3.05, 3.63) is 36.0 Å². The number of carbonyl (C=O) groups is 1. The molecule has 0 bridgehead atoms. The fourth-order valence-electron chi connectivity index (χ4n) is 2.37. The number of hydrogen-bond donors (Lipinski definition) is 0. The summed E-state index contributed by atoms with van der Waals surface area (Å²) in [6.45, 7) is 4.16. The van der Waals surface area contributed by atoms with Gasteiger partial charge in [-0.15, -0.1) is 0 Å². The molecule has 0 N–H and O–H groups in total. The van der Waals surface area contributed by atoms with Gasteiger partial charge in [-0.25, -0.2) is 0 Å². The largest absolute Gasteiger partial charge is 0.295 e. The lowest BCUT2D eigenvalue weighted by molar-refractivity contribution is -0.114. The molecule has 1 aliphatic carbocycles. The molecule has 0 atom stereocenters. The molecule has 1 heteroatoms. The summed E-state index contributed by atoms with van der Waals surface area (Å²) in [7, 11) is 0. The molecule has 0 heterocycles. The van der Waals surface area contributed by atoms with Crippen molar-refractivity contribution in [2.75, 3.05) is 0 Å². The maximum atomic E-state index is 11.8. The summed E-state index contributed by atoms with van der Waals surface area (Å²) < 4.78 is 0. The number of ketones is 1. The normalized spacial score (nSPS) is 18.2. The van der Waals surface area contributed by atoms with Crippen molar-refractivity contribution in [3.63, 3.8) is 0 Å². The van der Waals surface area contributed by atoms with E-state index in [1.165, 1.54) is 31.3 Å². The molecule has 0 aromatic rings. The lowest BCUT2D eigenvalue weighted by Gasteiger charge is -2.02. The third kappa shape index (κ3) is 6.00. The van der Waals surface area contributed by atoms with Crippen molar-refractivity contribution in [2.24, 2.45) is 5.92 Å². The maximum Gasteiger partial charge on any atom is 0.155 e. The Hall–Kier alpha value is -1.11. The van der Waals surface area contributed by atoms with Gasteiger partial charge in [0.2, 0.25) is 0 Å². The Morgan fingerprint density at radius 2 is 1.94 bits per heavy atom. The van der Waals surface area contributed by atoms with Gasteiger partial charge < -0.3 is 0 Å². The number of rotatable bonds is 7. The van der Waals surface area contributed by atoms with Gasteiger partial charge in [-0.3, -0.25) is 4.79 Å². The minimum absolute atomic E-state index is 0.279. The van der Waals surface area contributed by atoms with Crippen LogP contribution >= 0.6 is 0 Å². The van der Waals surface area contributed by atoms with E-state index in [0.717, 1.165) is 12.8 Å². The van der Waals surface area contributed by atoms with Crippen LogP contribution in [-0.4, -0.2) is 5.78 Å². The van der Waals surface area contributed by atoms with Gasteiger partial charge in [0.05, 0.1) is 0 Å². The third-order valence-electron chi connectivity index (χ3n) is 3.63. The van der Waals surface area contributed by atoms with Crippen LogP contribution in [0.1, 0.15) is 58.8 Å². The van der Waals surface area contributed by atoms with Crippen LogP contribution in [0.15, 0.2) is 36.0 Å². The Balaban J connectivity index is 2.30. The molecule has 1 nitrogen and oxygen atoms in total. The maximum absolute atomic E-state index is 11.8. The smallest absolute Gasteiger partial charge is 0.155 e. The highest BCUT2D eigenvalue weighted by atomic mass is 16.1. The Labute approximate surface area is 112 Å². The molecule has 0 radical (unpaired) electrons. The molecule has 18 heavy (non-hydrogen) atoms. The van der Waals surface area contributed by atoms with E-state index in [1.807, 2.05) is 19.1 Å². The molecule has 0 aromatic carbocycles. The van der Waals surface area contributed by atoms with Crippen molar-refractivity contribution < 1.29 is 4.79 Å².